The fourth-order valence-electron chi connectivity index (χ4n) is 2.85. The summed E-state index contributed by atoms with van der Waals surface area (Å²) in [5, 5.41) is 3.15. The molecule has 1 aromatic rings. The van der Waals surface area contributed by atoms with Gasteiger partial charge in [-0.15, -0.1) is 11.3 Å². The Labute approximate surface area is 130 Å². The van der Waals surface area contributed by atoms with E-state index in [2.05, 4.69) is 10.4 Å². The lowest BCUT2D eigenvalue weighted by molar-refractivity contribution is -0.147. The predicted molar refractivity (Wildman–Crippen MR) is 83.3 cm³/mol. The smallest absolute Gasteiger partial charge is 0.252 e. The van der Waals surface area contributed by atoms with Crippen molar-refractivity contribution >= 4 is 17.2 Å². The van der Waals surface area contributed by atoms with Gasteiger partial charge in [0.05, 0.1) is 12.6 Å². The lowest BCUT2D eigenvalue weighted by atomic mass is 10.0. The molecule has 21 heavy (non-hydrogen) atoms. The Morgan fingerprint density at radius 3 is 2.95 bits per heavy atom. The van der Waals surface area contributed by atoms with Crippen molar-refractivity contribution in [2.45, 2.75) is 58.1 Å². The number of carbonyl (C=O) groups excluding carboxylic acids is 1. The van der Waals surface area contributed by atoms with Crippen molar-refractivity contribution in [3.8, 4) is 0 Å². The number of piperidine rings is 1. The van der Waals surface area contributed by atoms with E-state index >= 15 is 0 Å². The summed E-state index contributed by atoms with van der Waals surface area (Å²) in [6.45, 7) is 5.47. The molecule has 1 saturated carbocycles. The molecule has 1 aliphatic carbocycles. The first-order chi connectivity index (χ1) is 10.1. The summed E-state index contributed by atoms with van der Waals surface area (Å²) >= 11 is 1.67. The van der Waals surface area contributed by atoms with Crippen LogP contribution in [0.4, 0.5) is 0 Å². The molecule has 4 nitrogen and oxygen atoms in total. The predicted octanol–water partition coefficient (Wildman–Crippen LogP) is 3.32. The van der Waals surface area contributed by atoms with Gasteiger partial charge in [-0.2, -0.15) is 0 Å². The topological polar surface area (TPSA) is 42.4 Å². The fourth-order valence-corrected chi connectivity index (χ4v) is 3.79. The van der Waals surface area contributed by atoms with Gasteiger partial charge < -0.3 is 9.64 Å². The first-order valence-corrected chi connectivity index (χ1v) is 8.87. The molecule has 2 fully saturated rings. The van der Waals surface area contributed by atoms with Crippen molar-refractivity contribution in [2.75, 3.05) is 13.2 Å². The summed E-state index contributed by atoms with van der Waals surface area (Å²) in [6, 6.07) is 0.150. The highest BCUT2D eigenvalue weighted by Crippen LogP contribution is 2.34. The maximum atomic E-state index is 12.7. The van der Waals surface area contributed by atoms with E-state index in [1.54, 1.807) is 11.3 Å². The average molecular weight is 308 g/mol. The molecule has 2 atom stereocenters. The van der Waals surface area contributed by atoms with Crippen LogP contribution in [-0.4, -0.2) is 35.0 Å². The molecule has 3 rings (SSSR count). The second-order valence-electron chi connectivity index (χ2n) is 6.29. The first-order valence-electron chi connectivity index (χ1n) is 7.99. The van der Waals surface area contributed by atoms with Crippen LogP contribution < -0.4 is 0 Å². The van der Waals surface area contributed by atoms with Gasteiger partial charge in [-0.05, 0) is 51.9 Å². The van der Waals surface area contributed by atoms with E-state index < -0.39 is 0 Å². The zero-order chi connectivity index (χ0) is 14.8. The van der Waals surface area contributed by atoms with Gasteiger partial charge in [0.2, 0.25) is 0 Å². The maximum Gasteiger partial charge on any atom is 0.252 e. The quantitative estimate of drug-likeness (QED) is 0.838. The van der Waals surface area contributed by atoms with Crippen LogP contribution in [0.2, 0.25) is 0 Å². The van der Waals surface area contributed by atoms with Crippen LogP contribution in [0.3, 0.4) is 0 Å². The summed E-state index contributed by atoms with van der Waals surface area (Å²) < 4.78 is 5.76. The molecule has 0 N–H and O–H groups in total. The molecule has 2 heterocycles. The van der Waals surface area contributed by atoms with Crippen LogP contribution >= 0.6 is 11.3 Å². The molecular formula is C16H24N2O2S. The van der Waals surface area contributed by atoms with Crippen molar-refractivity contribution in [1.82, 2.24) is 9.88 Å². The summed E-state index contributed by atoms with van der Waals surface area (Å²) in [6.07, 6.45) is 5.46. The highest BCUT2D eigenvalue weighted by atomic mass is 32.1. The zero-order valence-corrected chi connectivity index (χ0v) is 13.7. The van der Waals surface area contributed by atoms with Crippen LogP contribution in [0.1, 0.15) is 55.8 Å². The van der Waals surface area contributed by atoms with Gasteiger partial charge in [-0.3, -0.25) is 4.79 Å². The van der Waals surface area contributed by atoms with Gasteiger partial charge in [-0.25, -0.2) is 4.98 Å². The number of aromatic nitrogens is 1. The van der Waals surface area contributed by atoms with Crippen molar-refractivity contribution in [3.05, 3.63) is 16.1 Å². The standard InChI is InChI=1S/C16H24N2O2S/c1-11-10-21-15(17-11)14-5-3-4-8-18(14)16(19)12(2)20-9-13-6-7-13/h10,12-14H,3-9H2,1-2H3/t12-,14+/m0/s1. The molecule has 0 aromatic carbocycles. The van der Waals surface area contributed by atoms with Crippen LogP contribution in [0.5, 0.6) is 0 Å². The van der Waals surface area contributed by atoms with Crippen molar-refractivity contribution in [3.63, 3.8) is 0 Å². The fraction of sp³-hybridized carbons (Fsp3) is 0.750. The molecule has 1 amide bonds. The van der Waals surface area contributed by atoms with Gasteiger partial charge in [-0.1, -0.05) is 0 Å². The number of thiazole rings is 1. The van der Waals surface area contributed by atoms with Crippen LogP contribution in [0, 0.1) is 12.8 Å². The number of rotatable bonds is 5. The Bertz CT molecular complexity index is 498. The number of likely N-dealkylation sites (tertiary alicyclic amines) is 1. The van der Waals surface area contributed by atoms with E-state index in [0.29, 0.717) is 5.92 Å². The second kappa shape index (κ2) is 6.44. The molecule has 1 aromatic heterocycles. The van der Waals surface area contributed by atoms with Gasteiger partial charge in [0, 0.05) is 17.6 Å². The zero-order valence-electron chi connectivity index (χ0n) is 12.9. The first kappa shape index (κ1) is 15.0. The molecule has 0 radical (unpaired) electrons. The van der Waals surface area contributed by atoms with E-state index in [9.17, 15) is 4.79 Å². The Kier molecular flexibility index (Phi) is 4.60. The Morgan fingerprint density at radius 1 is 1.48 bits per heavy atom. The molecule has 1 aliphatic heterocycles. The molecular weight excluding hydrogens is 284 g/mol. The minimum Gasteiger partial charge on any atom is -0.368 e. The number of nitrogens with zero attached hydrogens (tertiary/aromatic N) is 2. The molecule has 5 heteroatoms. The van der Waals surface area contributed by atoms with Crippen LogP contribution in [-0.2, 0) is 9.53 Å². The number of hydrogen-bond acceptors (Lipinski definition) is 4. The highest BCUT2D eigenvalue weighted by Gasteiger charge is 2.33. The monoisotopic (exact) mass is 308 g/mol. The number of aryl methyl sites for hydroxylation is 1. The SMILES string of the molecule is Cc1csc([C@H]2CCCCN2C(=O)[C@H](C)OCC2CC2)n1. The Balaban J connectivity index is 1.66. The third-order valence-electron chi connectivity index (χ3n) is 4.33. The van der Waals surface area contributed by atoms with Crippen LogP contribution in [0.15, 0.2) is 5.38 Å². The largest absolute Gasteiger partial charge is 0.368 e. The van der Waals surface area contributed by atoms with E-state index in [1.807, 2.05) is 18.7 Å². The third kappa shape index (κ3) is 3.64. The van der Waals surface area contributed by atoms with Crippen molar-refractivity contribution in [1.29, 1.82) is 0 Å². The molecule has 1 saturated heterocycles. The van der Waals surface area contributed by atoms with Gasteiger partial charge in [0.15, 0.2) is 0 Å². The number of carbonyl (C=O) groups is 1. The third-order valence-corrected chi connectivity index (χ3v) is 5.40. The van der Waals surface area contributed by atoms with Crippen molar-refractivity contribution < 1.29 is 9.53 Å². The highest BCUT2D eigenvalue weighted by molar-refractivity contribution is 7.09. The summed E-state index contributed by atoms with van der Waals surface area (Å²) in [7, 11) is 0. The van der Waals surface area contributed by atoms with Gasteiger partial charge >= 0.3 is 0 Å². The molecule has 0 bridgehead atoms. The van der Waals surface area contributed by atoms with Gasteiger partial charge in [0.1, 0.15) is 11.1 Å². The Hall–Kier alpha value is -0.940. The maximum absolute atomic E-state index is 12.7. The lowest BCUT2D eigenvalue weighted by Crippen LogP contribution is -2.44. The molecule has 0 spiro atoms. The Morgan fingerprint density at radius 2 is 2.29 bits per heavy atom. The minimum absolute atomic E-state index is 0.133. The van der Waals surface area contributed by atoms with Crippen LogP contribution in [0.25, 0.3) is 0 Å². The average Bonchev–Trinajstić information content (AvgIpc) is 3.24. The molecule has 116 valence electrons. The minimum atomic E-state index is -0.327. The van der Waals surface area contributed by atoms with Gasteiger partial charge in [0.25, 0.3) is 5.91 Å². The summed E-state index contributed by atoms with van der Waals surface area (Å²) in [5.41, 5.74) is 1.05. The van der Waals surface area contributed by atoms with E-state index in [0.717, 1.165) is 36.7 Å². The van der Waals surface area contributed by atoms with E-state index in [4.69, 9.17) is 4.74 Å². The number of amides is 1. The van der Waals surface area contributed by atoms with E-state index in [1.165, 1.54) is 19.3 Å². The summed E-state index contributed by atoms with van der Waals surface area (Å²) in [4.78, 5) is 19.3. The summed E-state index contributed by atoms with van der Waals surface area (Å²) in [5.74, 6) is 0.826. The van der Waals surface area contributed by atoms with E-state index in [-0.39, 0.29) is 18.1 Å². The lowest BCUT2D eigenvalue weighted by Gasteiger charge is -2.36. The normalized spacial score (nSPS) is 24.1. The number of hydrogen-bond donors (Lipinski definition) is 0. The van der Waals surface area contributed by atoms with Crippen molar-refractivity contribution in [2.24, 2.45) is 5.92 Å². The molecule has 2 aliphatic rings. The molecule has 0 unspecified atom stereocenters. The number of ether oxygens (including phenoxy) is 1. The second-order valence-corrected chi connectivity index (χ2v) is 7.18.